The highest BCUT2D eigenvalue weighted by Crippen LogP contribution is 2.32. The summed E-state index contributed by atoms with van der Waals surface area (Å²) in [7, 11) is 1.94. The number of rotatable bonds is 7. The number of nitrogens with one attached hydrogen (secondary N) is 1. The Balaban J connectivity index is 2.48. The molecule has 1 N–H and O–H groups in total. The molecule has 1 aliphatic heterocycles. The molecular weight excluding hydrogens is 325 g/mol. The fourth-order valence-electron chi connectivity index (χ4n) is 3.72. The van der Waals surface area contributed by atoms with Crippen LogP contribution in [0.5, 0.6) is 0 Å². The zero-order valence-electron chi connectivity index (χ0n) is 16.5. The van der Waals surface area contributed by atoms with E-state index in [0.717, 1.165) is 37.1 Å². The van der Waals surface area contributed by atoms with Crippen molar-refractivity contribution in [2.24, 2.45) is 11.8 Å². The molecule has 0 radical (unpaired) electrons. The average molecular weight is 358 g/mol. The average Bonchev–Trinajstić information content (AvgIpc) is 2.64. The summed E-state index contributed by atoms with van der Waals surface area (Å²) in [4.78, 5) is 6.10. The molecule has 2 heterocycles. The molecule has 0 amide bonds. The topological polar surface area (TPSA) is 28.2 Å². The van der Waals surface area contributed by atoms with Gasteiger partial charge in [0.1, 0.15) is 6.17 Å². The number of aromatic nitrogens is 1. The Kier molecular flexibility index (Phi) is 7.58. The molecule has 1 aliphatic rings. The molecule has 1 unspecified atom stereocenters. The van der Waals surface area contributed by atoms with Crippen LogP contribution in [-0.4, -0.2) is 36.2 Å². The molecule has 1 aromatic heterocycles. The summed E-state index contributed by atoms with van der Waals surface area (Å²) in [6.07, 6.45) is 8.66. The number of alkyl halides is 1. The number of hydrogen-bond donors (Lipinski definition) is 1. The number of pyridine rings is 1. The quantitative estimate of drug-likeness (QED) is 0.710. The van der Waals surface area contributed by atoms with Crippen molar-refractivity contribution in [1.29, 1.82) is 0 Å². The van der Waals surface area contributed by atoms with Crippen LogP contribution in [0.15, 0.2) is 54.7 Å². The second-order valence-electron chi connectivity index (χ2n) is 7.27. The zero-order chi connectivity index (χ0) is 19.1. The summed E-state index contributed by atoms with van der Waals surface area (Å²) in [5, 5.41) is 3.42. The Morgan fingerprint density at radius 2 is 1.88 bits per heavy atom. The highest BCUT2D eigenvalue weighted by Gasteiger charge is 2.22. The van der Waals surface area contributed by atoms with E-state index in [0.29, 0.717) is 11.6 Å². The number of halogens is 1. The molecule has 26 heavy (non-hydrogen) atoms. The van der Waals surface area contributed by atoms with Crippen LogP contribution in [0.3, 0.4) is 0 Å². The highest BCUT2D eigenvalue weighted by atomic mass is 19.1. The number of hydrogen-bond acceptors (Lipinski definition) is 3. The summed E-state index contributed by atoms with van der Waals surface area (Å²) in [6.45, 7) is 11.7. The minimum Gasteiger partial charge on any atom is -0.351 e. The van der Waals surface area contributed by atoms with Crippen LogP contribution in [0.25, 0.3) is 5.57 Å². The summed E-state index contributed by atoms with van der Waals surface area (Å²) in [5.41, 5.74) is 4.06. The first-order valence-corrected chi connectivity index (χ1v) is 9.51. The van der Waals surface area contributed by atoms with Gasteiger partial charge in [0.15, 0.2) is 0 Å². The molecule has 4 heteroatoms. The lowest BCUT2D eigenvalue weighted by Crippen LogP contribution is -2.29. The van der Waals surface area contributed by atoms with E-state index in [4.69, 9.17) is 0 Å². The lowest BCUT2D eigenvalue weighted by molar-refractivity contribution is 0.339. The van der Waals surface area contributed by atoms with Crippen molar-refractivity contribution in [3.05, 3.63) is 60.2 Å². The van der Waals surface area contributed by atoms with Gasteiger partial charge >= 0.3 is 0 Å². The molecular formula is C22H32FN3. The maximum Gasteiger partial charge on any atom is 0.137 e. The van der Waals surface area contributed by atoms with E-state index in [2.05, 4.69) is 36.9 Å². The standard InChI is InChI=1S/C22H32FN3/c1-6-20(16(2)3)22(17(4)23)26(5)15-21(18-7-11-24-12-8-18)19-9-13-25-14-10-19/h6-8,11-12,15-17,19,25H,1,9-10,13-14H2,2-5H3/b21-15+,22-20-. The van der Waals surface area contributed by atoms with Crippen molar-refractivity contribution < 1.29 is 4.39 Å². The van der Waals surface area contributed by atoms with E-state index in [9.17, 15) is 4.39 Å². The lowest BCUT2D eigenvalue weighted by Gasteiger charge is -2.30. The van der Waals surface area contributed by atoms with E-state index in [1.807, 2.05) is 36.5 Å². The largest absolute Gasteiger partial charge is 0.351 e. The van der Waals surface area contributed by atoms with Crippen LogP contribution in [0.1, 0.15) is 39.2 Å². The van der Waals surface area contributed by atoms with Gasteiger partial charge in [-0.25, -0.2) is 4.39 Å². The van der Waals surface area contributed by atoms with Gasteiger partial charge < -0.3 is 10.2 Å². The predicted molar refractivity (Wildman–Crippen MR) is 108 cm³/mol. The van der Waals surface area contributed by atoms with Gasteiger partial charge in [0.25, 0.3) is 0 Å². The fourth-order valence-corrected chi connectivity index (χ4v) is 3.72. The summed E-state index contributed by atoms with van der Waals surface area (Å²) >= 11 is 0. The Hall–Kier alpha value is -1.94. The van der Waals surface area contributed by atoms with E-state index < -0.39 is 6.17 Å². The minimum absolute atomic E-state index is 0.222. The highest BCUT2D eigenvalue weighted by molar-refractivity contribution is 5.67. The molecule has 1 fully saturated rings. The molecule has 2 rings (SSSR count). The van der Waals surface area contributed by atoms with Gasteiger partial charge in [-0.15, -0.1) is 0 Å². The maximum atomic E-state index is 14.5. The number of nitrogens with zero attached hydrogens (tertiary/aromatic N) is 2. The molecule has 1 aromatic rings. The van der Waals surface area contributed by atoms with Gasteiger partial charge in [-0.05, 0) is 73.5 Å². The Bertz CT molecular complexity index is 641. The molecule has 0 spiro atoms. The van der Waals surface area contributed by atoms with Crippen LogP contribution in [0.4, 0.5) is 4.39 Å². The number of piperidine rings is 1. The molecule has 0 bridgehead atoms. The van der Waals surface area contributed by atoms with Crippen LogP contribution < -0.4 is 5.32 Å². The Labute approximate surface area is 157 Å². The predicted octanol–water partition coefficient (Wildman–Crippen LogP) is 4.81. The van der Waals surface area contributed by atoms with Gasteiger partial charge in [0.2, 0.25) is 0 Å². The fraction of sp³-hybridized carbons (Fsp3) is 0.500. The SMILES string of the molecule is C=C/C(=C(\C(C)F)N(C)/C=C(\c1ccncc1)C1CCNCC1)C(C)C. The van der Waals surface area contributed by atoms with Crippen LogP contribution >= 0.6 is 0 Å². The number of allylic oxidation sites excluding steroid dienone is 4. The van der Waals surface area contributed by atoms with Crippen LogP contribution in [0.2, 0.25) is 0 Å². The molecule has 0 saturated carbocycles. The summed E-state index contributed by atoms with van der Waals surface area (Å²) < 4.78 is 14.5. The van der Waals surface area contributed by atoms with Crippen molar-refractivity contribution in [2.75, 3.05) is 20.1 Å². The zero-order valence-corrected chi connectivity index (χ0v) is 16.5. The maximum absolute atomic E-state index is 14.5. The van der Waals surface area contributed by atoms with Gasteiger partial charge in [0.05, 0.1) is 5.70 Å². The molecule has 3 nitrogen and oxygen atoms in total. The second kappa shape index (κ2) is 9.67. The minimum atomic E-state index is -1.06. The molecule has 1 saturated heterocycles. The molecule has 142 valence electrons. The monoisotopic (exact) mass is 357 g/mol. The summed E-state index contributed by atoms with van der Waals surface area (Å²) in [6, 6.07) is 4.08. The normalized spacial score (nSPS) is 18.5. The van der Waals surface area contributed by atoms with Crippen LogP contribution in [-0.2, 0) is 0 Å². The van der Waals surface area contributed by atoms with Crippen LogP contribution in [0, 0.1) is 11.8 Å². The second-order valence-corrected chi connectivity index (χ2v) is 7.27. The van der Waals surface area contributed by atoms with Crippen molar-refractivity contribution in [2.45, 2.75) is 39.8 Å². The van der Waals surface area contributed by atoms with Gasteiger partial charge in [-0.2, -0.15) is 0 Å². The van der Waals surface area contributed by atoms with Crippen molar-refractivity contribution >= 4 is 5.57 Å². The van der Waals surface area contributed by atoms with E-state index >= 15 is 0 Å². The third-order valence-corrected chi connectivity index (χ3v) is 5.02. The molecule has 1 atom stereocenters. The van der Waals surface area contributed by atoms with Crippen molar-refractivity contribution in [3.63, 3.8) is 0 Å². The van der Waals surface area contributed by atoms with E-state index in [-0.39, 0.29) is 5.92 Å². The molecule has 0 aliphatic carbocycles. The summed E-state index contributed by atoms with van der Waals surface area (Å²) in [5.74, 6) is 0.684. The van der Waals surface area contributed by atoms with Crippen molar-refractivity contribution in [1.82, 2.24) is 15.2 Å². The van der Waals surface area contributed by atoms with Gasteiger partial charge in [-0.1, -0.05) is 26.5 Å². The first-order valence-electron chi connectivity index (χ1n) is 9.51. The third-order valence-electron chi connectivity index (χ3n) is 5.02. The van der Waals surface area contributed by atoms with Crippen molar-refractivity contribution in [3.8, 4) is 0 Å². The van der Waals surface area contributed by atoms with Gasteiger partial charge in [-0.3, -0.25) is 4.98 Å². The molecule has 0 aromatic carbocycles. The first-order chi connectivity index (χ1) is 12.5. The van der Waals surface area contributed by atoms with E-state index in [1.54, 1.807) is 13.0 Å². The smallest absolute Gasteiger partial charge is 0.137 e. The Morgan fingerprint density at radius 1 is 1.27 bits per heavy atom. The van der Waals surface area contributed by atoms with E-state index in [1.165, 1.54) is 5.57 Å². The lowest BCUT2D eigenvalue weighted by atomic mass is 9.86. The third kappa shape index (κ3) is 5.04. The Morgan fingerprint density at radius 3 is 2.38 bits per heavy atom. The first kappa shape index (κ1) is 20.4. The van der Waals surface area contributed by atoms with Gasteiger partial charge in [0, 0.05) is 25.6 Å².